The number of hydrogen-bond donors (Lipinski definition) is 2. The topological polar surface area (TPSA) is 97.7 Å². The van der Waals surface area contributed by atoms with Gasteiger partial charge in [-0.3, -0.25) is 9.59 Å². The predicted molar refractivity (Wildman–Crippen MR) is 89.2 cm³/mol. The van der Waals surface area contributed by atoms with Crippen molar-refractivity contribution in [1.82, 2.24) is 5.43 Å². The Labute approximate surface area is 141 Å². The highest BCUT2D eigenvalue weighted by Gasteiger charge is 2.10. The van der Waals surface area contributed by atoms with Gasteiger partial charge in [0.05, 0.1) is 0 Å². The number of fused-ring (bicyclic) bond motifs is 1. The maximum absolute atomic E-state index is 12.1. The maximum Gasteiger partial charge on any atom is 0.271 e. The van der Waals surface area contributed by atoms with Crippen molar-refractivity contribution >= 4 is 34.4 Å². The molecule has 0 aliphatic carbocycles. The van der Waals surface area contributed by atoms with Crippen LogP contribution in [0, 0.1) is 0 Å². The summed E-state index contributed by atoms with van der Waals surface area (Å²) in [7, 11) is 0. The van der Waals surface area contributed by atoms with E-state index in [4.69, 9.17) is 21.8 Å². The molecule has 0 unspecified atom stereocenters. The van der Waals surface area contributed by atoms with E-state index in [0.29, 0.717) is 21.6 Å². The fraction of sp³-hybridized carbons (Fsp3) is 0. The smallest absolute Gasteiger partial charge is 0.271 e. The second kappa shape index (κ2) is 6.55. The van der Waals surface area contributed by atoms with Gasteiger partial charge >= 0.3 is 0 Å². The largest absolute Gasteiger partial charge is 0.436 e. The van der Waals surface area contributed by atoms with Crippen molar-refractivity contribution in [2.24, 2.45) is 10.8 Å². The molecule has 0 radical (unpaired) electrons. The van der Waals surface area contributed by atoms with Gasteiger partial charge in [0.2, 0.25) is 5.55 Å². The third-order valence-electron chi connectivity index (χ3n) is 3.29. The molecule has 3 N–H and O–H groups in total. The lowest BCUT2D eigenvalue weighted by atomic mass is 10.2. The lowest BCUT2D eigenvalue weighted by Gasteiger charge is -2.03. The van der Waals surface area contributed by atoms with Crippen LogP contribution in [-0.2, 0) is 0 Å². The minimum atomic E-state index is -0.705. The van der Waals surface area contributed by atoms with Crippen LogP contribution in [0.15, 0.2) is 64.1 Å². The summed E-state index contributed by atoms with van der Waals surface area (Å²) in [5, 5.41) is 5.10. The molecule has 6 nitrogen and oxygen atoms in total. The molecule has 3 rings (SSSR count). The Morgan fingerprint density at radius 3 is 2.50 bits per heavy atom. The molecule has 2 aromatic carbocycles. The van der Waals surface area contributed by atoms with Crippen LogP contribution >= 0.6 is 11.6 Å². The normalized spacial score (nSPS) is 11.5. The van der Waals surface area contributed by atoms with E-state index in [-0.39, 0.29) is 11.1 Å². The van der Waals surface area contributed by atoms with Gasteiger partial charge in [-0.15, -0.1) is 5.10 Å². The van der Waals surface area contributed by atoms with Crippen LogP contribution in [0.2, 0.25) is 5.02 Å². The first-order valence-electron chi connectivity index (χ1n) is 6.97. The molecule has 3 aromatic rings. The lowest BCUT2D eigenvalue weighted by molar-refractivity contribution is 0.0946. The molecule has 0 saturated carbocycles. The number of amides is 2. The van der Waals surface area contributed by atoms with Gasteiger partial charge in [0.25, 0.3) is 11.8 Å². The summed E-state index contributed by atoms with van der Waals surface area (Å²) < 4.78 is 5.56. The van der Waals surface area contributed by atoms with Gasteiger partial charge in [0.15, 0.2) is 0 Å². The van der Waals surface area contributed by atoms with Crippen molar-refractivity contribution < 1.29 is 14.0 Å². The third-order valence-corrected chi connectivity index (χ3v) is 3.54. The van der Waals surface area contributed by atoms with Crippen LogP contribution in [0.5, 0.6) is 0 Å². The van der Waals surface area contributed by atoms with Crippen molar-refractivity contribution in [1.29, 1.82) is 0 Å². The Bertz CT molecular complexity index is 994. The first-order valence-corrected chi connectivity index (χ1v) is 7.35. The standard InChI is InChI=1S/C17H12ClN3O3/c18-12-7-5-10(6-8-12)16(23)20-21-17-13(15(19)22)9-11-3-1-2-4-14(11)24-17/h1-9H,(H2,19,22)(H,20,23)/b21-17-. The van der Waals surface area contributed by atoms with E-state index in [2.05, 4.69) is 10.5 Å². The highest BCUT2D eigenvalue weighted by Crippen LogP contribution is 2.12. The molecule has 0 bridgehead atoms. The van der Waals surface area contributed by atoms with E-state index >= 15 is 0 Å². The van der Waals surface area contributed by atoms with E-state index in [1.807, 2.05) is 6.07 Å². The Hall–Kier alpha value is -3.12. The van der Waals surface area contributed by atoms with Crippen LogP contribution in [0.1, 0.15) is 20.7 Å². The highest BCUT2D eigenvalue weighted by atomic mass is 35.5. The van der Waals surface area contributed by atoms with Crippen molar-refractivity contribution in [2.45, 2.75) is 0 Å². The van der Waals surface area contributed by atoms with Crippen LogP contribution in [-0.4, -0.2) is 11.8 Å². The monoisotopic (exact) mass is 341 g/mol. The number of primary amides is 1. The number of nitrogens with one attached hydrogen (secondary N) is 1. The molecular weight excluding hydrogens is 330 g/mol. The minimum Gasteiger partial charge on any atom is -0.436 e. The molecule has 0 aliphatic heterocycles. The second-order valence-electron chi connectivity index (χ2n) is 4.93. The number of benzene rings is 2. The van der Waals surface area contributed by atoms with Gasteiger partial charge in [-0.2, -0.15) is 0 Å². The summed E-state index contributed by atoms with van der Waals surface area (Å²) in [6.07, 6.45) is 0. The van der Waals surface area contributed by atoms with Crippen molar-refractivity contribution in [2.75, 3.05) is 0 Å². The molecule has 0 aliphatic rings. The van der Waals surface area contributed by atoms with Crippen LogP contribution in [0.3, 0.4) is 0 Å². The number of hydrogen-bond acceptors (Lipinski definition) is 4. The minimum absolute atomic E-state index is 0.0662. The Kier molecular flexibility index (Phi) is 4.31. The molecule has 2 amide bonds. The van der Waals surface area contributed by atoms with Crippen molar-refractivity contribution in [3.8, 4) is 0 Å². The molecule has 1 aromatic heterocycles. The van der Waals surface area contributed by atoms with Crippen LogP contribution in [0.25, 0.3) is 11.0 Å². The fourth-order valence-electron chi connectivity index (χ4n) is 2.10. The molecule has 1 heterocycles. The SMILES string of the molecule is NC(=O)c1cc2ccccc2o/c1=N\NC(=O)c1ccc(Cl)cc1. The van der Waals surface area contributed by atoms with Gasteiger partial charge in [-0.25, -0.2) is 5.43 Å². The quantitative estimate of drug-likeness (QED) is 0.716. The summed E-state index contributed by atoms with van der Waals surface area (Å²) in [5.74, 6) is -1.17. The summed E-state index contributed by atoms with van der Waals surface area (Å²) in [4.78, 5) is 23.7. The molecule has 0 fully saturated rings. The molecular formula is C17H12ClN3O3. The van der Waals surface area contributed by atoms with Gasteiger partial charge in [0, 0.05) is 16.0 Å². The number of carbonyl (C=O) groups is 2. The average molecular weight is 342 g/mol. The predicted octanol–water partition coefficient (Wildman–Crippen LogP) is 2.43. The molecule has 0 spiro atoms. The molecule has 120 valence electrons. The van der Waals surface area contributed by atoms with E-state index in [1.54, 1.807) is 48.5 Å². The second-order valence-corrected chi connectivity index (χ2v) is 5.36. The Morgan fingerprint density at radius 1 is 1.08 bits per heavy atom. The lowest BCUT2D eigenvalue weighted by Crippen LogP contribution is -2.27. The molecule has 0 atom stereocenters. The zero-order chi connectivity index (χ0) is 17.1. The van der Waals surface area contributed by atoms with E-state index in [9.17, 15) is 9.59 Å². The molecule has 7 heteroatoms. The van der Waals surface area contributed by atoms with Crippen LogP contribution in [0.4, 0.5) is 0 Å². The number of carbonyl (C=O) groups excluding carboxylic acids is 2. The number of rotatable bonds is 3. The third kappa shape index (κ3) is 3.28. The zero-order valence-corrected chi connectivity index (χ0v) is 13.1. The molecule has 24 heavy (non-hydrogen) atoms. The Balaban J connectivity index is 1.99. The first-order chi connectivity index (χ1) is 11.5. The van der Waals surface area contributed by atoms with E-state index in [1.165, 1.54) is 0 Å². The van der Waals surface area contributed by atoms with Gasteiger partial charge in [-0.1, -0.05) is 29.8 Å². The number of nitrogens with two attached hydrogens (primary N) is 1. The number of para-hydroxylation sites is 1. The summed E-state index contributed by atoms with van der Waals surface area (Å²) in [6.45, 7) is 0. The fourth-order valence-corrected chi connectivity index (χ4v) is 2.22. The van der Waals surface area contributed by atoms with E-state index in [0.717, 1.165) is 0 Å². The summed E-state index contributed by atoms with van der Waals surface area (Å²) in [5.41, 5.74) is 8.58. The van der Waals surface area contributed by atoms with Gasteiger partial charge < -0.3 is 10.2 Å². The van der Waals surface area contributed by atoms with Gasteiger partial charge in [-0.05, 0) is 36.4 Å². The van der Waals surface area contributed by atoms with Crippen LogP contribution < -0.4 is 16.7 Å². The summed E-state index contributed by atoms with van der Waals surface area (Å²) in [6, 6.07) is 14.9. The van der Waals surface area contributed by atoms with Gasteiger partial charge in [0.1, 0.15) is 11.1 Å². The first kappa shape index (κ1) is 15.8. The number of nitrogens with zero attached hydrogens (tertiary/aromatic N) is 1. The summed E-state index contributed by atoms with van der Waals surface area (Å²) >= 11 is 5.78. The molecule has 0 saturated heterocycles. The number of halogens is 1. The van der Waals surface area contributed by atoms with E-state index < -0.39 is 11.8 Å². The zero-order valence-electron chi connectivity index (χ0n) is 12.3. The Morgan fingerprint density at radius 2 is 1.79 bits per heavy atom. The van der Waals surface area contributed by atoms with Crippen molar-refractivity contribution in [3.05, 3.63) is 76.3 Å². The van der Waals surface area contributed by atoms with Crippen molar-refractivity contribution in [3.63, 3.8) is 0 Å². The maximum atomic E-state index is 12.1. The average Bonchev–Trinajstić information content (AvgIpc) is 2.59. The highest BCUT2D eigenvalue weighted by molar-refractivity contribution is 6.30.